The fourth-order valence-corrected chi connectivity index (χ4v) is 4.68. The number of pyridine rings is 1. The molecule has 21 heavy (non-hydrogen) atoms. The van der Waals surface area contributed by atoms with Crippen LogP contribution in [0.2, 0.25) is 0 Å². The first-order valence-electron chi connectivity index (χ1n) is 7.05. The van der Waals surface area contributed by atoms with Crippen molar-refractivity contribution in [1.82, 2.24) is 14.7 Å². The van der Waals surface area contributed by atoms with E-state index in [1.165, 1.54) is 0 Å². The Bertz CT molecular complexity index is 753. The Balaban J connectivity index is 2.01. The van der Waals surface area contributed by atoms with Gasteiger partial charge in [0.15, 0.2) is 15.7 Å². The topological polar surface area (TPSA) is 66.7 Å². The van der Waals surface area contributed by atoms with Crippen molar-refractivity contribution < 1.29 is 8.42 Å². The average Bonchev–Trinajstić information content (AvgIpc) is 3.00. The van der Waals surface area contributed by atoms with Gasteiger partial charge in [0, 0.05) is 25.8 Å². The normalized spacial score (nSPS) is 21.0. The minimum absolute atomic E-state index is 0.00974. The van der Waals surface area contributed by atoms with Crippen molar-refractivity contribution in [2.75, 3.05) is 30.5 Å². The molecule has 2 aromatic heterocycles. The van der Waals surface area contributed by atoms with Crippen LogP contribution in [-0.2, 0) is 16.4 Å². The van der Waals surface area contributed by atoms with Crippen LogP contribution in [0.15, 0.2) is 24.4 Å². The van der Waals surface area contributed by atoms with Gasteiger partial charge in [-0.2, -0.15) is 0 Å². The van der Waals surface area contributed by atoms with E-state index in [-0.39, 0.29) is 17.5 Å². The van der Waals surface area contributed by atoms with Crippen LogP contribution >= 0.6 is 0 Å². The van der Waals surface area contributed by atoms with E-state index in [0.717, 1.165) is 17.2 Å². The van der Waals surface area contributed by atoms with Crippen molar-refractivity contribution in [3.05, 3.63) is 30.1 Å². The molecule has 3 rings (SSSR count). The van der Waals surface area contributed by atoms with Gasteiger partial charge in [-0.1, -0.05) is 6.07 Å². The largest absolute Gasteiger partial charge is 0.354 e. The molecule has 0 aliphatic carbocycles. The van der Waals surface area contributed by atoms with E-state index in [1.54, 1.807) is 0 Å². The first kappa shape index (κ1) is 14.3. The lowest BCUT2D eigenvalue weighted by Gasteiger charge is -2.24. The molecule has 0 spiro atoms. The summed E-state index contributed by atoms with van der Waals surface area (Å²) in [6, 6.07) is 5.89. The maximum absolute atomic E-state index is 11.7. The fourth-order valence-electron chi connectivity index (χ4n) is 2.90. The van der Waals surface area contributed by atoms with Gasteiger partial charge in [0.25, 0.3) is 0 Å². The van der Waals surface area contributed by atoms with Crippen LogP contribution in [0, 0.1) is 0 Å². The highest BCUT2D eigenvalue weighted by atomic mass is 32.2. The van der Waals surface area contributed by atoms with Crippen molar-refractivity contribution in [2.24, 2.45) is 0 Å². The average molecular weight is 308 g/mol. The van der Waals surface area contributed by atoms with E-state index >= 15 is 0 Å². The van der Waals surface area contributed by atoms with Gasteiger partial charge in [-0.3, -0.25) is 0 Å². The number of imidazole rings is 1. The summed E-state index contributed by atoms with van der Waals surface area (Å²) < 4.78 is 25.4. The van der Waals surface area contributed by atoms with Gasteiger partial charge < -0.3 is 14.6 Å². The Labute approximate surface area is 124 Å². The van der Waals surface area contributed by atoms with E-state index in [4.69, 9.17) is 0 Å². The maximum Gasteiger partial charge on any atom is 0.152 e. The molecule has 0 amide bonds. The zero-order chi connectivity index (χ0) is 15.0. The molecule has 1 saturated heterocycles. The monoisotopic (exact) mass is 308 g/mol. The quantitative estimate of drug-likeness (QED) is 0.899. The molecule has 1 aliphatic rings. The standard InChI is InChI=1S/C14H20N4O2S/c1-15-9-12-14(16-13-5-3-4-7-18(12)13)17(2)11-6-8-21(19,20)10-11/h3-5,7,11,15H,6,8-10H2,1-2H3. The highest BCUT2D eigenvalue weighted by Gasteiger charge is 2.32. The number of hydrogen-bond donors (Lipinski definition) is 1. The number of hydrogen-bond acceptors (Lipinski definition) is 5. The molecule has 0 aromatic carbocycles. The number of aromatic nitrogens is 2. The van der Waals surface area contributed by atoms with Crippen LogP contribution in [0.1, 0.15) is 12.1 Å². The van der Waals surface area contributed by atoms with Crippen molar-refractivity contribution in [2.45, 2.75) is 19.0 Å². The van der Waals surface area contributed by atoms with Gasteiger partial charge in [0.1, 0.15) is 5.65 Å². The highest BCUT2D eigenvalue weighted by molar-refractivity contribution is 7.91. The van der Waals surface area contributed by atoms with Crippen LogP contribution < -0.4 is 10.2 Å². The molecule has 1 aliphatic heterocycles. The third-order valence-corrected chi connectivity index (χ3v) is 5.79. The van der Waals surface area contributed by atoms with Gasteiger partial charge in [-0.15, -0.1) is 0 Å². The Hall–Kier alpha value is -1.60. The summed E-state index contributed by atoms with van der Waals surface area (Å²) in [5.41, 5.74) is 1.94. The molecule has 114 valence electrons. The zero-order valence-electron chi connectivity index (χ0n) is 12.3. The molecule has 1 unspecified atom stereocenters. The summed E-state index contributed by atoms with van der Waals surface area (Å²) in [6.45, 7) is 0.685. The molecule has 0 saturated carbocycles. The summed E-state index contributed by atoms with van der Waals surface area (Å²) in [5, 5.41) is 3.16. The second kappa shape index (κ2) is 5.31. The molecule has 1 atom stereocenters. The molecule has 2 aromatic rings. The van der Waals surface area contributed by atoms with Crippen molar-refractivity contribution in [3.63, 3.8) is 0 Å². The van der Waals surface area contributed by atoms with Crippen LogP contribution in [0.5, 0.6) is 0 Å². The Morgan fingerprint density at radius 2 is 2.29 bits per heavy atom. The summed E-state index contributed by atoms with van der Waals surface area (Å²) >= 11 is 0. The van der Waals surface area contributed by atoms with Gasteiger partial charge >= 0.3 is 0 Å². The minimum Gasteiger partial charge on any atom is -0.354 e. The molecular formula is C14H20N4O2S. The number of sulfone groups is 1. The lowest BCUT2D eigenvalue weighted by Crippen LogP contribution is -2.33. The molecule has 1 N–H and O–H groups in total. The van der Waals surface area contributed by atoms with E-state index in [2.05, 4.69) is 10.3 Å². The summed E-state index contributed by atoms with van der Waals surface area (Å²) in [4.78, 5) is 6.70. The van der Waals surface area contributed by atoms with Crippen LogP contribution in [0.4, 0.5) is 5.82 Å². The molecule has 7 heteroatoms. The number of anilines is 1. The minimum atomic E-state index is -2.90. The smallest absolute Gasteiger partial charge is 0.152 e. The number of fused-ring (bicyclic) bond motifs is 1. The second-order valence-electron chi connectivity index (χ2n) is 5.51. The van der Waals surface area contributed by atoms with Gasteiger partial charge in [-0.25, -0.2) is 13.4 Å². The van der Waals surface area contributed by atoms with E-state index < -0.39 is 9.84 Å². The molecule has 0 radical (unpaired) electrons. The molecule has 6 nitrogen and oxygen atoms in total. The fraction of sp³-hybridized carbons (Fsp3) is 0.500. The Kier molecular flexibility index (Phi) is 3.62. The van der Waals surface area contributed by atoms with Gasteiger partial charge in [0.05, 0.1) is 17.2 Å². The highest BCUT2D eigenvalue weighted by Crippen LogP contribution is 2.26. The van der Waals surface area contributed by atoms with E-state index in [0.29, 0.717) is 13.0 Å². The number of nitrogens with one attached hydrogen (secondary N) is 1. The molecule has 3 heterocycles. The van der Waals surface area contributed by atoms with Gasteiger partial charge in [0.2, 0.25) is 0 Å². The Morgan fingerprint density at radius 1 is 1.48 bits per heavy atom. The Morgan fingerprint density at radius 3 is 2.95 bits per heavy atom. The first-order chi connectivity index (χ1) is 10.0. The number of nitrogens with zero attached hydrogens (tertiary/aromatic N) is 3. The van der Waals surface area contributed by atoms with Crippen molar-refractivity contribution in [3.8, 4) is 0 Å². The molecular weight excluding hydrogens is 288 g/mol. The van der Waals surface area contributed by atoms with Crippen LogP contribution in [-0.4, -0.2) is 49.4 Å². The molecule has 0 bridgehead atoms. The summed E-state index contributed by atoms with van der Waals surface area (Å²) in [5.74, 6) is 1.35. The van der Waals surface area contributed by atoms with E-state index in [9.17, 15) is 8.42 Å². The third-order valence-electron chi connectivity index (χ3n) is 4.04. The second-order valence-corrected chi connectivity index (χ2v) is 7.74. The lowest BCUT2D eigenvalue weighted by atomic mass is 10.2. The number of rotatable bonds is 4. The van der Waals surface area contributed by atoms with Crippen LogP contribution in [0.3, 0.4) is 0 Å². The van der Waals surface area contributed by atoms with Crippen molar-refractivity contribution in [1.29, 1.82) is 0 Å². The van der Waals surface area contributed by atoms with Crippen LogP contribution in [0.25, 0.3) is 5.65 Å². The molecule has 1 fully saturated rings. The van der Waals surface area contributed by atoms with Gasteiger partial charge in [-0.05, 0) is 25.6 Å². The zero-order valence-corrected chi connectivity index (χ0v) is 13.1. The predicted octanol–water partition coefficient (Wildman–Crippen LogP) is 0.677. The maximum atomic E-state index is 11.7. The predicted molar refractivity (Wildman–Crippen MR) is 83.4 cm³/mol. The summed E-state index contributed by atoms with van der Waals surface area (Å²) in [7, 11) is 0.936. The summed E-state index contributed by atoms with van der Waals surface area (Å²) in [6.07, 6.45) is 2.66. The van der Waals surface area contributed by atoms with Crippen molar-refractivity contribution >= 4 is 21.3 Å². The third kappa shape index (κ3) is 2.63. The van der Waals surface area contributed by atoms with E-state index in [1.807, 2.05) is 47.8 Å². The SMILES string of the molecule is CNCc1c(N(C)C2CCS(=O)(=O)C2)nc2ccccn12. The lowest BCUT2D eigenvalue weighted by molar-refractivity contribution is 0.600. The first-order valence-corrected chi connectivity index (χ1v) is 8.88.